The minimum absolute atomic E-state index is 0.521. The Balaban J connectivity index is 1.84. The van der Waals surface area contributed by atoms with Gasteiger partial charge in [-0.3, -0.25) is 0 Å². The van der Waals surface area contributed by atoms with Gasteiger partial charge in [-0.15, -0.1) is 11.3 Å². The average Bonchev–Trinajstić information content (AvgIpc) is 2.83. The summed E-state index contributed by atoms with van der Waals surface area (Å²) in [4.78, 5) is 5.80. The molecule has 0 unspecified atom stereocenters. The SMILES string of the molecule is COCCNCc1sc(COc2ccccc2)nc1C. The Morgan fingerprint density at radius 2 is 2.05 bits per heavy atom. The van der Waals surface area contributed by atoms with E-state index in [4.69, 9.17) is 9.47 Å². The lowest BCUT2D eigenvalue weighted by atomic mass is 10.3. The normalized spacial score (nSPS) is 10.7. The van der Waals surface area contributed by atoms with Crippen LogP contribution in [0.25, 0.3) is 0 Å². The Morgan fingerprint density at radius 1 is 1.25 bits per heavy atom. The molecule has 2 rings (SSSR count). The van der Waals surface area contributed by atoms with Crippen molar-refractivity contribution >= 4 is 11.3 Å². The van der Waals surface area contributed by atoms with Crippen LogP contribution in [0.3, 0.4) is 0 Å². The number of aromatic nitrogens is 1. The van der Waals surface area contributed by atoms with E-state index in [1.165, 1.54) is 4.88 Å². The molecule has 0 bridgehead atoms. The van der Waals surface area contributed by atoms with Crippen LogP contribution in [0.4, 0.5) is 0 Å². The lowest BCUT2D eigenvalue weighted by Gasteiger charge is -2.02. The molecule has 0 atom stereocenters. The van der Waals surface area contributed by atoms with Crippen molar-refractivity contribution in [2.24, 2.45) is 0 Å². The average molecular weight is 292 g/mol. The number of hydrogen-bond donors (Lipinski definition) is 1. The summed E-state index contributed by atoms with van der Waals surface area (Å²) in [6.07, 6.45) is 0. The van der Waals surface area contributed by atoms with Gasteiger partial charge in [0.25, 0.3) is 0 Å². The zero-order valence-electron chi connectivity index (χ0n) is 11.9. The third kappa shape index (κ3) is 4.59. The predicted octanol–water partition coefficient (Wildman–Crippen LogP) is 2.77. The molecule has 1 N–H and O–H groups in total. The lowest BCUT2D eigenvalue weighted by Crippen LogP contribution is -2.18. The van der Waals surface area contributed by atoms with E-state index in [0.29, 0.717) is 6.61 Å². The number of rotatable bonds is 8. The third-order valence-corrected chi connectivity index (χ3v) is 3.94. The molecule has 5 heteroatoms. The van der Waals surface area contributed by atoms with E-state index in [0.717, 1.165) is 36.1 Å². The van der Waals surface area contributed by atoms with Crippen molar-refractivity contribution < 1.29 is 9.47 Å². The number of hydrogen-bond acceptors (Lipinski definition) is 5. The van der Waals surface area contributed by atoms with Crippen molar-refractivity contribution in [2.75, 3.05) is 20.3 Å². The van der Waals surface area contributed by atoms with E-state index in [1.807, 2.05) is 37.3 Å². The van der Waals surface area contributed by atoms with Crippen molar-refractivity contribution in [2.45, 2.75) is 20.1 Å². The monoisotopic (exact) mass is 292 g/mol. The van der Waals surface area contributed by atoms with E-state index < -0.39 is 0 Å². The number of methoxy groups -OCH3 is 1. The number of aryl methyl sites for hydroxylation is 1. The molecule has 1 aromatic heterocycles. The summed E-state index contributed by atoms with van der Waals surface area (Å²) in [6.45, 7) is 4.97. The summed E-state index contributed by atoms with van der Waals surface area (Å²) in [5.74, 6) is 0.875. The van der Waals surface area contributed by atoms with E-state index >= 15 is 0 Å². The fraction of sp³-hybridized carbons (Fsp3) is 0.400. The minimum atomic E-state index is 0.521. The largest absolute Gasteiger partial charge is 0.486 e. The summed E-state index contributed by atoms with van der Waals surface area (Å²) < 4.78 is 10.7. The van der Waals surface area contributed by atoms with Crippen molar-refractivity contribution in [3.8, 4) is 5.75 Å². The van der Waals surface area contributed by atoms with Gasteiger partial charge in [0.1, 0.15) is 17.4 Å². The van der Waals surface area contributed by atoms with Crippen LogP contribution in [0.5, 0.6) is 5.75 Å². The van der Waals surface area contributed by atoms with Crippen molar-refractivity contribution in [1.29, 1.82) is 0 Å². The second kappa shape index (κ2) is 7.99. The molecule has 2 aromatic rings. The molecule has 0 radical (unpaired) electrons. The van der Waals surface area contributed by atoms with Crippen LogP contribution < -0.4 is 10.1 Å². The Bertz CT molecular complexity index is 514. The number of nitrogens with one attached hydrogen (secondary N) is 1. The third-order valence-electron chi connectivity index (χ3n) is 2.81. The number of ether oxygens (including phenoxy) is 2. The van der Waals surface area contributed by atoms with Gasteiger partial charge in [-0.1, -0.05) is 18.2 Å². The van der Waals surface area contributed by atoms with Gasteiger partial charge in [0, 0.05) is 25.1 Å². The van der Waals surface area contributed by atoms with E-state index in [1.54, 1.807) is 18.4 Å². The van der Waals surface area contributed by atoms with Crippen LogP contribution >= 0.6 is 11.3 Å². The number of nitrogens with zero attached hydrogens (tertiary/aromatic N) is 1. The first-order valence-electron chi connectivity index (χ1n) is 6.62. The van der Waals surface area contributed by atoms with Crippen LogP contribution in [-0.2, 0) is 17.9 Å². The summed E-state index contributed by atoms with van der Waals surface area (Å²) in [5, 5.41) is 4.34. The molecule has 0 aliphatic carbocycles. The highest BCUT2D eigenvalue weighted by Gasteiger charge is 2.07. The zero-order valence-corrected chi connectivity index (χ0v) is 12.7. The van der Waals surface area contributed by atoms with E-state index in [9.17, 15) is 0 Å². The Hall–Kier alpha value is -1.43. The van der Waals surface area contributed by atoms with Gasteiger partial charge >= 0.3 is 0 Å². The fourth-order valence-electron chi connectivity index (χ4n) is 1.75. The Labute approximate surface area is 123 Å². The van der Waals surface area contributed by atoms with Gasteiger partial charge in [-0.05, 0) is 19.1 Å². The van der Waals surface area contributed by atoms with Crippen LogP contribution in [0, 0.1) is 6.92 Å². The summed E-state index contributed by atoms with van der Waals surface area (Å²) in [5.41, 5.74) is 1.08. The first-order valence-corrected chi connectivity index (χ1v) is 7.44. The van der Waals surface area contributed by atoms with E-state index in [-0.39, 0.29) is 0 Å². The number of benzene rings is 1. The number of para-hydroxylation sites is 1. The van der Waals surface area contributed by atoms with Gasteiger partial charge < -0.3 is 14.8 Å². The molecule has 0 spiro atoms. The fourth-order valence-corrected chi connectivity index (χ4v) is 2.70. The molecule has 0 amide bonds. The summed E-state index contributed by atoms with van der Waals surface area (Å²) >= 11 is 1.70. The number of thiazole rings is 1. The highest BCUT2D eigenvalue weighted by Crippen LogP contribution is 2.20. The van der Waals surface area contributed by atoms with E-state index in [2.05, 4.69) is 10.3 Å². The van der Waals surface area contributed by atoms with Gasteiger partial charge in [0.05, 0.1) is 12.3 Å². The van der Waals surface area contributed by atoms with Gasteiger partial charge in [0.2, 0.25) is 0 Å². The highest BCUT2D eigenvalue weighted by atomic mass is 32.1. The molecule has 108 valence electrons. The van der Waals surface area contributed by atoms with Crippen LogP contribution in [0.1, 0.15) is 15.6 Å². The van der Waals surface area contributed by atoms with Crippen LogP contribution in [0.15, 0.2) is 30.3 Å². The molecule has 0 aliphatic heterocycles. The molecule has 0 saturated carbocycles. The highest BCUT2D eigenvalue weighted by molar-refractivity contribution is 7.11. The Morgan fingerprint density at radius 3 is 2.80 bits per heavy atom. The molecule has 0 fully saturated rings. The maximum absolute atomic E-state index is 5.71. The van der Waals surface area contributed by atoms with Crippen LogP contribution in [-0.4, -0.2) is 25.2 Å². The van der Waals surface area contributed by atoms with Gasteiger partial charge in [-0.2, -0.15) is 0 Å². The van der Waals surface area contributed by atoms with Crippen LogP contribution in [0.2, 0.25) is 0 Å². The zero-order chi connectivity index (χ0) is 14.2. The van der Waals surface area contributed by atoms with Crippen molar-refractivity contribution in [3.63, 3.8) is 0 Å². The first kappa shape index (κ1) is 15.0. The smallest absolute Gasteiger partial charge is 0.140 e. The van der Waals surface area contributed by atoms with Gasteiger partial charge in [-0.25, -0.2) is 4.98 Å². The molecule has 0 aliphatic rings. The standard InChI is InChI=1S/C15H20N2O2S/c1-12-14(10-16-8-9-18-2)20-15(17-12)11-19-13-6-4-3-5-7-13/h3-7,16H,8-11H2,1-2H3. The van der Waals surface area contributed by atoms with Gasteiger partial charge in [0.15, 0.2) is 0 Å². The first-order chi connectivity index (χ1) is 9.79. The second-order valence-corrected chi connectivity index (χ2v) is 5.56. The summed E-state index contributed by atoms with van der Waals surface area (Å²) in [6, 6.07) is 9.81. The molecular formula is C15H20N2O2S. The topological polar surface area (TPSA) is 43.4 Å². The Kier molecular flexibility index (Phi) is 5.98. The molecular weight excluding hydrogens is 272 g/mol. The molecule has 20 heavy (non-hydrogen) atoms. The van der Waals surface area contributed by atoms with Crippen molar-refractivity contribution in [3.05, 3.63) is 45.9 Å². The maximum Gasteiger partial charge on any atom is 0.140 e. The summed E-state index contributed by atoms with van der Waals surface area (Å²) in [7, 11) is 1.71. The lowest BCUT2D eigenvalue weighted by molar-refractivity contribution is 0.199. The molecule has 1 heterocycles. The maximum atomic E-state index is 5.71. The molecule has 4 nitrogen and oxygen atoms in total. The van der Waals surface area contributed by atoms with Crippen molar-refractivity contribution in [1.82, 2.24) is 10.3 Å². The molecule has 1 aromatic carbocycles. The quantitative estimate of drug-likeness (QED) is 0.760. The predicted molar refractivity (Wildman–Crippen MR) is 81.2 cm³/mol. The second-order valence-electron chi connectivity index (χ2n) is 4.39. The molecule has 0 saturated heterocycles. The minimum Gasteiger partial charge on any atom is -0.486 e.